The van der Waals surface area contributed by atoms with Crippen LogP contribution in [0.25, 0.3) is 10.9 Å². The van der Waals surface area contributed by atoms with Gasteiger partial charge >= 0.3 is 0 Å². The number of alkyl halides is 2. The third-order valence-electron chi connectivity index (χ3n) is 7.35. The fourth-order valence-corrected chi connectivity index (χ4v) is 5.23. The lowest BCUT2D eigenvalue weighted by Gasteiger charge is -2.35. The van der Waals surface area contributed by atoms with Crippen molar-refractivity contribution in [3.05, 3.63) is 39.8 Å². The van der Waals surface area contributed by atoms with Crippen LogP contribution in [0.2, 0.25) is 5.02 Å². The van der Waals surface area contributed by atoms with Crippen molar-refractivity contribution in [2.75, 3.05) is 42.5 Å². The Morgan fingerprint density at radius 2 is 2.18 bits per heavy atom. The van der Waals surface area contributed by atoms with Gasteiger partial charge in [0.25, 0.3) is 5.56 Å². The highest BCUT2D eigenvalue weighted by molar-refractivity contribution is 6.32. The summed E-state index contributed by atoms with van der Waals surface area (Å²) in [5, 5.41) is 7.70. The number of nitrogens with one attached hydrogen (secondary N) is 2. The molecule has 9 nitrogen and oxygen atoms in total. The summed E-state index contributed by atoms with van der Waals surface area (Å²) in [6.07, 6.45) is 2.72. The molecule has 1 aromatic carbocycles. The zero-order valence-electron chi connectivity index (χ0n) is 22.3. The maximum absolute atomic E-state index is 13.5. The molecule has 0 spiro atoms. The zero-order valence-corrected chi connectivity index (χ0v) is 23.0. The second-order valence-corrected chi connectivity index (χ2v) is 10.7. The smallest absolute Gasteiger partial charge is 0.295 e. The average Bonchev–Trinajstić information content (AvgIpc) is 3.16. The summed E-state index contributed by atoms with van der Waals surface area (Å²) >= 11 is 6.47. The Labute approximate surface area is 230 Å². The van der Waals surface area contributed by atoms with Crippen LogP contribution in [0.15, 0.2) is 29.2 Å². The number of fused-ring (bicyclic) bond motifs is 3. The van der Waals surface area contributed by atoms with Crippen LogP contribution in [-0.4, -0.2) is 53.5 Å². The van der Waals surface area contributed by atoms with Gasteiger partial charge in [0.15, 0.2) is 5.82 Å². The van der Waals surface area contributed by atoms with E-state index in [1.165, 1.54) is 0 Å². The third-order valence-corrected chi connectivity index (χ3v) is 7.63. The molecule has 3 aromatic rings. The molecule has 39 heavy (non-hydrogen) atoms. The molecule has 1 aliphatic carbocycles. The molecule has 1 aliphatic heterocycles. The second-order valence-electron chi connectivity index (χ2n) is 10.2. The SMILES string of the molecule is CCC(C)N(COC)c1ncc(Cl)c(Nc2ccc3c(c2)c2c(c(=O)n3CC3CC(F)(F)C3)OCCCN2)n1. The summed E-state index contributed by atoms with van der Waals surface area (Å²) in [6.45, 7) is 5.72. The lowest BCUT2D eigenvalue weighted by atomic mass is 9.81. The Morgan fingerprint density at radius 1 is 1.38 bits per heavy atom. The van der Waals surface area contributed by atoms with Gasteiger partial charge in [-0.3, -0.25) is 4.79 Å². The quantitative estimate of drug-likeness (QED) is 0.324. The van der Waals surface area contributed by atoms with Crippen molar-refractivity contribution in [3.63, 3.8) is 0 Å². The number of anilines is 4. The highest BCUT2D eigenvalue weighted by atomic mass is 35.5. The molecule has 0 saturated heterocycles. The lowest BCUT2D eigenvalue weighted by molar-refractivity contribution is -0.114. The molecule has 1 fully saturated rings. The number of halogens is 3. The molecule has 12 heteroatoms. The molecule has 0 bridgehead atoms. The Kier molecular flexibility index (Phi) is 7.82. The summed E-state index contributed by atoms with van der Waals surface area (Å²) in [5.41, 5.74) is 1.62. The van der Waals surface area contributed by atoms with Crippen molar-refractivity contribution in [1.29, 1.82) is 0 Å². The van der Waals surface area contributed by atoms with Crippen molar-refractivity contribution < 1.29 is 18.3 Å². The molecule has 2 aliphatic rings. The zero-order chi connectivity index (χ0) is 27.7. The minimum absolute atomic E-state index is 0.147. The van der Waals surface area contributed by atoms with E-state index in [2.05, 4.69) is 34.4 Å². The largest absolute Gasteiger partial charge is 0.486 e. The second kappa shape index (κ2) is 11.1. The van der Waals surface area contributed by atoms with E-state index in [4.69, 9.17) is 21.1 Å². The van der Waals surface area contributed by atoms with Gasteiger partial charge in [-0.2, -0.15) is 4.98 Å². The molecular weight excluding hydrogens is 530 g/mol. The van der Waals surface area contributed by atoms with E-state index in [1.807, 2.05) is 23.1 Å². The van der Waals surface area contributed by atoms with E-state index < -0.39 is 5.92 Å². The van der Waals surface area contributed by atoms with Gasteiger partial charge in [-0.15, -0.1) is 0 Å². The standard InChI is InChI=1S/C27H33ClF2N6O3/c1-4-16(2)36(15-38-3)26-32-13-20(28)24(34-26)33-18-6-7-21-19(10-18)22-23(39-9-5-8-31-22)25(37)35(21)14-17-11-27(29,30)12-17/h6-7,10,13,16-17,31H,4-5,8-9,11-12,14-15H2,1-3H3,(H,32,33,34). The van der Waals surface area contributed by atoms with Crippen LogP contribution < -0.4 is 25.8 Å². The summed E-state index contributed by atoms with van der Waals surface area (Å²) < 4.78 is 39.9. The first-order valence-electron chi connectivity index (χ1n) is 13.2. The normalized spacial score (nSPS) is 17.4. The van der Waals surface area contributed by atoms with Gasteiger partial charge in [0, 0.05) is 50.2 Å². The van der Waals surface area contributed by atoms with Gasteiger partial charge in [-0.25, -0.2) is 13.8 Å². The van der Waals surface area contributed by atoms with E-state index in [9.17, 15) is 13.6 Å². The van der Waals surface area contributed by atoms with Gasteiger partial charge in [0.2, 0.25) is 17.6 Å². The maximum Gasteiger partial charge on any atom is 0.295 e. The van der Waals surface area contributed by atoms with Gasteiger partial charge in [0.05, 0.1) is 24.0 Å². The fourth-order valence-electron chi connectivity index (χ4n) is 5.10. The van der Waals surface area contributed by atoms with Crippen LogP contribution in [0.1, 0.15) is 39.5 Å². The van der Waals surface area contributed by atoms with Gasteiger partial charge < -0.3 is 29.6 Å². The molecule has 1 unspecified atom stereocenters. The van der Waals surface area contributed by atoms with E-state index >= 15 is 0 Å². The first kappa shape index (κ1) is 27.4. The van der Waals surface area contributed by atoms with Gasteiger partial charge in [-0.1, -0.05) is 18.5 Å². The number of methoxy groups -OCH3 is 1. The topological polar surface area (TPSA) is 93.5 Å². The molecule has 1 saturated carbocycles. The number of hydrogen-bond acceptors (Lipinski definition) is 8. The number of hydrogen-bond donors (Lipinski definition) is 2. The monoisotopic (exact) mass is 562 g/mol. The lowest BCUT2D eigenvalue weighted by Crippen LogP contribution is -2.39. The highest BCUT2D eigenvalue weighted by Crippen LogP contribution is 2.44. The van der Waals surface area contributed by atoms with Crippen molar-refractivity contribution in [2.45, 2.75) is 58.0 Å². The number of aromatic nitrogens is 3. The number of benzene rings is 1. The van der Waals surface area contributed by atoms with E-state index in [0.29, 0.717) is 53.6 Å². The number of pyridine rings is 1. The van der Waals surface area contributed by atoms with Crippen LogP contribution in [0, 0.1) is 5.92 Å². The number of ether oxygens (including phenoxy) is 2. The van der Waals surface area contributed by atoms with Crippen LogP contribution in [0.5, 0.6) is 5.75 Å². The van der Waals surface area contributed by atoms with Crippen molar-refractivity contribution in [2.24, 2.45) is 5.92 Å². The highest BCUT2D eigenvalue weighted by Gasteiger charge is 2.45. The number of nitrogens with zero attached hydrogens (tertiary/aromatic N) is 4. The van der Waals surface area contributed by atoms with Crippen LogP contribution >= 0.6 is 11.6 Å². The molecule has 5 rings (SSSR count). The molecule has 2 N–H and O–H groups in total. The van der Waals surface area contributed by atoms with Crippen molar-refractivity contribution in [3.8, 4) is 5.75 Å². The summed E-state index contributed by atoms with van der Waals surface area (Å²) in [6, 6.07) is 5.67. The molecule has 2 aromatic heterocycles. The molecule has 1 atom stereocenters. The average molecular weight is 563 g/mol. The van der Waals surface area contributed by atoms with Crippen LogP contribution in [0.3, 0.4) is 0 Å². The van der Waals surface area contributed by atoms with Gasteiger partial charge in [0.1, 0.15) is 11.8 Å². The summed E-state index contributed by atoms with van der Waals surface area (Å²) in [5.74, 6) is -1.81. The minimum atomic E-state index is -2.66. The summed E-state index contributed by atoms with van der Waals surface area (Å²) in [4.78, 5) is 24.4. The number of rotatable bonds is 9. The first-order chi connectivity index (χ1) is 18.7. The van der Waals surface area contributed by atoms with E-state index in [1.54, 1.807) is 17.9 Å². The Bertz CT molecular complexity index is 1410. The molecule has 0 radical (unpaired) electrons. The Balaban J connectivity index is 1.53. The Hall–Kier alpha value is -3.18. The van der Waals surface area contributed by atoms with Crippen LogP contribution in [0.4, 0.5) is 31.9 Å². The molecule has 3 heterocycles. The van der Waals surface area contributed by atoms with Crippen molar-refractivity contribution in [1.82, 2.24) is 14.5 Å². The first-order valence-corrected chi connectivity index (χ1v) is 13.6. The predicted molar refractivity (Wildman–Crippen MR) is 149 cm³/mol. The maximum atomic E-state index is 13.5. The van der Waals surface area contributed by atoms with E-state index in [-0.39, 0.29) is 42.7 Å². The fraction of sp³-hybridized carbons (Fsp3) is 0.519. The predicted octanol–water partition coefficient (Wildman–Crippen LogP) is 5.64. The van der Waals surface area contributed by atoms with Gasteiger partial charge in [-0.05, 0) is 43.9 Å². The third kappa shape index (κ3) is 5.60. The summed E-state index contributed by atoms with van der Waals surface area (Å²) in [7, 11) is 1.62. The molecule has 210 valence electrons. The van der Waals surface area contributed by atoms with E-state index in [0.717, 1.165) is 18.2 Å². The van der Waals surface area contributed by atoms with Crippen LogP contribution in [-0.2, 0) is 11.3 Å². The Morgan fingerprint density at radius 3 is 2.90 bits per heavy atom. The minimum Gasteiger partial charge on any atom is -0.486 e. The van der Waals surface area contributed by atoms with Crippen molar-refractivity contribution >= 4 is 45.6 Å². The molecule has 0 amide bonds. The molecular formula is C27H33ClF2N6O3.